The van der Waals surface area contributed by atoms with Gasteiger partial charge >= 0.3 is 0 Å². The van der Waals surface area contributed by atoms with E-state index < -0.39 is 0 Å². The number of carbonyl (C=O) groups excluding carboxylic acids is 1. The lowest BCUT2D eigenvalue weighted by atomic mass is 9.96. The zero-order valence-corrected chi connectivity index (χ0v) is 13.7. The topological polar surface area (TPSA) is 29.1 Å². The number of rotatable bonds is 4. The zero-order chi connectivity index (χ0) is 12.3. The predicted molar refractivity (Wildman–Crippen MR) is 76.6 cm³/mol. The van der Waals surface area contributed by atoms with Crippen molar-refractivity contribution in [2.24, 2.45) is 5.41 Å². The molecular weight excluding hydrogens is 377 g/mol. The number of hydrogen-bond donors (Lipinski definition) is 1. The summed E-state index contributed by atoms with van der Waals surface area (Å²) in [6.07, 6.45) is 0. The molecular formula is C10H12Br2ClNOS. The summed E-state index contributed by atoms with van der Waals surface area (Å²) in [5, 5.41) is 2.88. The fraction of sp³-hybridized carbons (Fsp3) is 0.500. The molecule has 1 amide bonds. The molecule has 1 N–H and O–H groups in total. The third-order valence-corrected chi connectivity index (χ3v) is 5.05. The first-order chi connectivity index (χ1) is 7.35. The summed E-state index contributed by atoms with van der Waals surface area (Å²) in [5.74, 6) is 0.439. The van der Waals surface area contributed by atoms with Gasteiger partial charge in [0.15, 0.2) is 0 Å². The van der Waals surface area contributed by atoms with Crippen LogP contribution in [0.4, 0.5) is 0 Å². The molecule has 0 aliphatic rings. The second-order valence-electron chi connectivity index (χ2n) is 4.22. The molecule has 0 spiro atoms. The zero-order valence-electron chi connectivity index (χ0n) is 8.94. The number of carbonyl (C=O) groups is 1. The predicted octanol–water partition coefficient (Wildman–Crippen LogP) is 4.27. The van der Waals surface area contributed by atoms with Gasteiger partial charge in [-0.05, 0) is 43.3 Å². The Morgan fingerprint density at radius 1 is 1.56 bits per heavy atom. The maximum Gasteiger partial charge on any atom is 0.253 e. The fourth-order valence-electron chi connectivity index (χ4n) is 0.957. The Morgan fingerprint density at radius 2 is 2.19 bits per heavy atom. The molecule has 0 unspecified atom stereocenters. The normalized spacial score (nSPS) is 11.6. The molecule has 0 fully saturated rings. The number of alkyl halides is 1. The highest BCUT2D eigenvalue weighted by Crippen LogP contribution is 2.31. The number of nitrogens with one attached hydrogen (secondary N) is 1. The van der Waals surface area contributed by atoms with Crippen molar-refractivity contribution >= 4 is 60.7 Å². The van der Waals surface area contributed by atoms with Crippen molar-refractivity contribution in [2.75, 3.05) is 12.4 Å². The first-order valence-corrected chi connectivity index (χ1v) is 7.58. The Balaban J connectivity index is 2.63. The van der Waals surface area contributed by atoms with Gasteiger partial charge in [-0.3, -0.25) is 4.79 Å². The minimum atomic E-state index is -0.0864. The Labute approximate surface area is 121 Å². The molecule has 0 saturated carbocycles. The van der Waals surface area contributed by atoms with E-state index in [0.29, 0.717) is 18.0 Å². The molecule has 2 nitrogen and oxygen atoms in total. The van der Waals surface area contributed by atoms with Gasteiger partial charge in [-0.2, -0.15) is 0 Å². The average molecular weight is 390 g/mol. The molecule has 90 valence electrons. The van der Waals surface area contributed by atoms with Gasteiger partial charge in [0.2, 0.25) is 0 Å². The van der Waals surface area contributed by atoms with E-state index in [-0.39, 0.29) is 11.3 Å². The molecule has 0 atom stereocenters. The molecule has 16 heavy (non-hydrogen) atoms. The van der Waals surface area contributed by atoms with Gasteiger partial charge in [0.1, 0.15) is 0 Å². The molecule has 1 rings (SSSR count). The highest BCUT2D eigenvalue weighted by molar-refractivity contribution is 9.12. The number of hydrogen-bond acceptors (Lipinski definition) is 2. The quantitative estimate of drug-likeness (QED) is 0.766. The Hall–Kier alpha value is 0.420. The van der Waals surface area contributed by atoms with Crippen molar-refractivity contribution in [3.63, 3.8) is 0 Å². The van der Waals surface area contributed by atoms with Crippen LogP contribution in [0.15, 0.2) is 13.6 Å². The van der Waals surface area contributed by atoms with Crippen LogP contribution in [0, 0.1) is 5.41 Å². The molecule has 0 aliphatic heterocycles. The highest BCUT2D eigenvalue weighted by atomic mass is 79.9. The number of halogens is 3. The van der Waals surface area contributed by atoms with E-state index >= 15 is 0 Å². The Bertz CT molecular complexity index is 392. The summed E-state index contributed by atoms with van der Waals surface area (Å²) < 4.78 is 1.77. The molecule has 0 aromatic carbocycles. The van der Waals surface area contributed by atoms with E-state index in [4.69, 9.17) is 11.6 Å². The van der Waals surface area contributed by atoms with Crippen LogP contribution in [0.2, 0.25) is 0 Å². The first kappa shape index (κ1) is 14.5. The lowest BCUT2D eigenvalue weighted by Gasteiger charge is -2.21. The summed E-state index contributed by atoms with van der Waals surface area (Å²) in [6.45, 7) is 4.59. The van der Waals surface area contributed by atoms with Crippen molar-refractivity contribution in [3.05, 3.63) is 19.2 Å². The van der Waals surface area contributed by atoms with E-state index in [0.717, 1.165) is 7.57 Å². The first-order valence-electron chi connectivity index (χ1n) is 4.65. The SMILES string of the molecule is CC(C)(CCl)CNC(=O)c1cc(Br)sc1Br. The van der Waals surface area contributed by atoms with E-state index in [9.17, 15) is 4.79 Å². The van der Waals surface area contributed by atoms with Crippen LogP contribution < -0.4 is 5.32 Å². The van der Waals surface area contributed by atoms with Crippen molar-refractivity contribution in [1.29, 1.82) is 0 Å². The van der Waals surface area contributed by atoms with Crippen LogP contribution in [-0.4, -0.2) is 18.3 Å². The van der Waals surface area contributed by atoms with Crippen LogP contribution in [0.1, 0.15) is 24.2 Å². The van der Waals surface area contributed by atoms with Gasteiger partial charge in [-0.15, -0.1) is 22.9 Å². The molecule has 0 radical (unpaired) electrons. The molecule has 0 saturated heterocycles. The van der Waals surface area contributed by atoms with Crippen LogP contribution in [0.5, 0.6) is 0 Å². The molecule has 0 bridgehead atoms. The average Bonchev–Trinajstić information content (AvgIpc) is 2.54. The van der Waals surface area contributed by atoms with Crippen molar-refractivity contribution in [1.82, 2.24) is 5.32 Å². The number of thiophene rings is 1. The second kappa shape index (κ2) is 5.85. The maximum absolute atomic E-state index is 11.8. The van der Waals surface area contributed by atoms with Crippen molar-refractivity contribution < 1.29 is 4.79 Å². The largest absolute Gasteiger partial charge is 0.351 e. The van der Waals surface area contributed by atoms with Crippen LogP contribution in [-0.2, 0) is 0 Å². The van der Waals surface area contributed by atoms with E-state index in [1.807, 2.05) is 13.8 Å². The summed E-state index contributed by atoms with van der Waals surface area (Å²) in [5.41, 5.74) is 0.568. The van der Waals surface area contributed by atoms with Gasteiger partial charge < -0.3 is 5.32 Å². The van der Waals surface area contributed by atoms with Crippen LogP contribution in [0.3, 0.4) is 0 Å². The number of amides is 1. The van der Waals surface area contributed by atoms with E-state index in [2.05, 4.69) is 37.2 Å². The van der Waals surface area contributed by atoms with E-state index in [1.165, 1.54) is 11.3 Å². The minimum Gasteiger partial charge on any atom is -0.351 e. The molecule has 1 aromatic rings. The van der Waals surface area contributed by atoms with Gasteiger partial charge in [0.05, 0.1) is 13.1 Å². The highest BCUT2D eigenvalue weighted by Gasteiger charge is 2.19. The van der Waals surface area contributed by atoms with Crippen molar-refractivity contribution in [3.8, 4) is 0 Å². The molecule has 1 heterocycles. The van der Waals surface area contributed by atoms with Crippen molar-refractivity contribution in [2.45, 2.75) is 13.8 Å². The molecule has 1 aromatic heterocycles. The second-order valence-corrected chi connectivity index (χ2v) is 8.24. The minimum absolute atomic E-state index is 0.0768. The molecule has 6 heteroatoms. The third-order valence-electron chi connectivity index (χ3n) is 1.99. The summed E-state index contributed by atoms with van der Waals surface area (Å²) in [6, 6.07) is 1.80. The standard InChI is InChI=1S/C10H12Br2ClNOS/c1-10(2,4-13)5-14-9(15)6-3-7(11)16-8(6)12/h3H,4-5H2,1-2H3,(H,14,15). The molecule has 0 aliphatic carbocycles. The van der Waals surface area contributed by atoms with Gasteiger partial charge in [0, 0.05) is 12.4 Å². The van der Waals surface area contributed by atoms with Gasteiger partial charge in [-0.1, -0.05) is 13.8 Å². The summed E-state index contributed by atoms with van der Waals surface area (Å²) >= 11 is 14.0. The van der Waals surface area contributed by atoms with Crippen LogP contribution >= 0.6 is 54.8 Å². The Kier molecular flexibility index (Phi) is 5.29. The fourth-order valence-corrected chi connectivity index (χ4v) is 3.85. The van der Waals surface area contributed by atoms with E-state index in [1.54, 1.807) is 6.07 Å². The lowest BCUT2D eigenvalue weighted by Crippen LogP contribution is -2.34. The lowest BCUT2D eigenvalue weighted by molar-refractivity contribution is 0.0939. The van der Waals surface area contributed by atoms with Crippen LogP contribution in [0.25, 0.3) is 0 Å². The summed E-state index contributed by atoms with van der Waals surface area (Å²) in [7, 11) is 0. The van der Waals surface area contributed by atoms with Gasteiger partial charge in [-0.25, -0.2) is 0 Å². The monoisotopic (exact) mass is 387 g/mol. The smallest absolute Gasteiger partial charge is 0.253 e. The van der Waals surface area contributed by atoms with Gasteiger partial charge in [0.25, 0.3) is 5.91 Å². The maximum atomic E-state index is 11.8. The summed E-state index contributed by atoms with van der Waals surface area (Å²) in [4.78, 5) is 11.8. The third kappa shape index (κ3) is 4.02. The Morgan fingerprint density at radius 3 is 2.62 bits per heavy atom.